The molecular weight excluding hydrogens is 580 g/mol. The zero-order chi connectivity index (χ0) is 31.2. The second-order valence-corrected chi connectivity index (χ2v) is 10.1. The van der Waals surface area contributed by atoms with E-state index in [1.165, 1.54) is 24.3 Å². The summed E-state index contributed by atoms with van der Waals surface area (Å²) in [5.41, 5.74) is -1.07. The van der Waals surface area contributed by atoms with Crippen molar-refractivity contribution in [2.75, 3.05) is 13.2 Å². The van der Waals surface area contributed by atoms with Gasteiger partial charge in [-0.05, 0) is 24.3 Å². The molecule has 2 aromatic carbocycles. The van der Waals surface area contributed by atoms with Crippen LogP contribution in [-0.4, -0.2) is 126 Å². The number of benzene rings is 2. The Morgan fingerprint density at radius 2 is 1.33 bits per heavy atom. The monoisotopic (exact) mass is 610 g/mol. The molecule has 1 aromatic heterocycles. The molecule has 2 aliphatic rings. The molecule has 5 rings (SSSR count). The summed E-state index contributed by atoms with van der Waals surface area (Å²) in [6, 6.07) is 7.20. The first-order valence-electron chi connectivity index (χ1n) is 13.0. The Bertz CT molecular complexity index is 1490. The molecule has 3 aromatic rings. The van der Waals surface area contributed by atoms with Gasteiger partial charge in [0, 0.05) is 17.7 Å². The number of aliphatic hydroxyl groups is 7. The smallest absolute Gasteiger partial charge is 0.239 e. The van der Waals surface area contributed by atoms with E-state index < -0.39 is 103 Å². The molecule has 2 aliphatic heterocycles. The molecule has 0 aliphatic carbocycles. The SMILES string of the molecule is O=c1c(O[C@@H]2O[C@H](CO)[C@H](O)[C@H](O)[C@H]2O[C@@H]2O[C@H](CO)[C@@H](O)[C@H](O)[C@H]2O)c(-c2ccc(O)cc2)oc2cc(O)cc(O)c12. The molecule has 0 amide bonds. The number of phenols is 3. The Balaban J connectivity index is 1.60. The van der Waals surface area contributed by atoms with Crippen LogP contribution in [-0.2, 0) is 14.2 Å². The highest BCUT2D eigenvalue weighted by Gasteiger charge is 2.51. The summed E-state index contributed by atoms with van der Waals surface area (Å²) in [6.07, 6.45) is -17.7. The average Bonchev–Trinajstić information content (AvgIpc) is 2.97. The molecule has 0 unspecified atom stereocenters. The number of hydrogen-bond donors (Lipinski definition) is 10. The van der Waals surface area contributed by atoms with Crippen LogP contribution in [0.1, 0.15) is 0 Å². The van der Waals surface area contributed by atoms with Crippen molar-refractivity contribution in [2.45, 2.75) is 61.4 Å². The lowest BCUT2D eigenvalue weighted by atomic mass is 9.97. The van der Waals surface area contributed by atoms with Crippen molar-refractivity contribution in [3.05, 3.63) is 46.6 Å². The van der Waals surface area contributed by atoms with E-state index in [2.05, 4.69) is 0 Å². The maximum Gasteiger partial charge on any atom is 0.239 e. The van der Waals surface area contributed by atoms with Gasteiger partial charge in [-0.15, -0.1) is 0 Å². The molecule has 43 heavy (non-hydrogen) atoms. The minimum atomic E-state index is -1.93. The Morgan fingerprint density at radius 3 is 1.95 bits per heavy atom. The van der Waals surface area contributed by atoms with Gasteiger partial charge in [0.1, 0.15) is 70.9 Å². The maximum absolute atomic E-state index is 13.7. The minimum absolute atomic E-state index is 0.129. The molecular formula is C27H30O16. The fourth-order valence-electron chi connectivity index (χ4n) is 4.92. The van der Waals surface area contributed by atoms with Crippen molar-refractivity contribution in [1.82, 2.24) is 0 Å². The Hall–Kier alpha value is -3.55. The fourth-order valence-corrected chi connectivity index (χ4v) is 4.92. The van der Waals surface area contributed by atoms with E-state index in [1.807, 2.05) is 0 Å². The largest absolute Gasteiger partial charge is 0.508 e. The van der Waals surface area contributed by atoms with Gasteiger partial charge in [-0.3, -0.25) is 4.79 Å². The van der Waals surface area contributed by atoms with Crippen LogP contribution in [0.3, 0.4) is 0 Å². The van der Waals surface area contributed by atoms with Gasteiger partial charge in [0.15, 0.2) is 18.2 Å². The molecule has 16 heteroatoms. The van der Waals surface area contributed by atoms with E-state index >= 15 is 0 Å². The molecule has 16 nitrogen and oxygen atoms in total. The predicted octanol–water partition coefficient (Wildman–Crippen LogP) is -2.42. The maximum atomic E-state index is 13.7. The summed E-state index contributed by atoms with van der Waals surface area (Å²) in [6.45, 7) is -1.63. The van der Waals surface area contributed by atoms with Crippen LogP contribution in [0.5, 0.6) is 23.0 Å². The van der Waals surface area contributed by atoms with Crippen molar-refractivity contribution < 1.29 is 74.4 Å². The molecule has 0 bridgehead atoms. The first kappa shape index (κ1) is 30.9. The number of hydrogen-bond acceptors (Lipinski definition) is 16. The Kier molecular flexibility index (Phi) is 8.77. The normalized spacial score (nSPS) is 33.0. The van der Waals surface area contributed by atoms with Crippen LogP contribution in [0, 0.1) is 0 Å². The van der Waals surface area contributed by atoms with Crippen LogP contribution in [0.2, 0.25) is 0 Å². The second-order valence-electron chi connectivity index (χ2n) is 10.1. The van der Waals surface area contributed by atoms with Crippen LogP contribution in [0.25, 0.3) is 22.3 Å². The molecule has 0 radical (unpaired) electrons. The molecule has 10 atom stereocenters. The van der Waals surface area contributed by atoms with Crippen molar-refractivity contribution in [3.63, 3.8) is 0 Å². The first-order chi connectivity index (χ1) is 20.4. The number of phenolic OH excluding ortho intramolecular Hbond substituents is 3. The van der Waals surface area contributed by atoms with Crippen molar-refractivity contribution >= 4 is 11.0 Å². The first-order valence-corrected chi connectivity index (χ1v) is 13.0. The van der Waals surface area contributed by atoms with E-state index in [0.717, 1.165) is 12.1 Å². The van der Waals surface area contributed by atoms with Gasteiger partial charge in [0.2, 0.25) is 17.5 Å². The highest BCUT2D eigenvalue weighted by atomic mass is 16.8. The molecule has 2 fully saturated rings. The lowest BCUT2D eigenvalue weighted by Crippen LogP contribution is -2.65. The van der Waals surface area contributed by atoms with Gasteiger partial charge in [-0.1, -0.05) is 0 Å². The van der Waals surface area contributed by atoms with Crippen LogP contribution >= 0.6 is 0 Å². The average molecular weight is 611 g/mol. The van der Waals surface area contributed by atoms with Crippen LogP contribution in [0.15, 0.2) is 45.6 Å². The summed E-state index contributed by atoms with van der Waals surface area (Å²) in [4.78, 5) is 13.7. The number of ether oxygens (including phenoxy) is 4. The highest BCUT2D eigenvalue weighted by Crippen LogP contribution is 2.38. The lowest BCUT2D eigenvalue weighted by Gasteiger charge is -2.45. The zero-order valence-electron chi connectivity index (χ0n) is 22.1. The molecule has 0 spiro atoms. The van der Waals surface area contributed by atoms with Crippen molar-refractivity contribution in [3.8, 4) is 34.3 Å². The molecule has 234 valence electrons. The summed E-state index contributed by atoms with van der Waals surface area (Å²) >= 11 is 0. The topological polar surface area (TPSA) is 269 Å². The highest BCUT2D eigenvalue weighted by molar-refractivity contribution is 5.88. The number of rotatable bonds is 7. The van der Waals surface area contributed by atoms with Crippen LogP contribution < -0.4 is 10.2 Å². The summed E-state index contributed by atoms with van der Waals surface area (Å²) in [5, 5.41) is 101. The lowest BCUT2D eigenvalue weighted by molar-refractivity contribution is -0.358. The van der Waals surface area contributed by atoms with Gasteiger partial charge in [-0.2, -0.15) is 0 Å². The van der Waals surface area contributed by atoms with Gasteiger partial charge in [-0.25, -0.2) is 0 Å². The molecule has 0 saturated carbocycles. The van der Waals surface area contributed by atoms with Gasteiger partial charge in [0.25, 0.3) is 0 Å². The van der Waals surface area contributed by atoms with E-state index in [1.54, 1.807) is 0 Å². The molecule has 3 heterocycles. The van der Waals surface area contributed by atoms with E-state index in [0.29, 0.717) is 0 Å². The summed E-state index contributed by atoms with van der Waals surface area (Å²) in [5.74, 6) is -2.15. The quantitative estimate of drug-likeness (QED) is 0.133. The van der Waals surface area contributed by atoms with Crippen molar-refractivity contribution in [1.29, 1.82) is 0 Å². The van der Waals surface area contributed by atoms with Gasteiger partial charge in [0.05, 0.1) is 13.2 Å². The van der Waals surface area contributed by atoms with Gasteiger partial charge < -0.3 is 74.4 Å². The minimum Gasteiger partial charge on any atom is -0.508 e. The van der Waals surface area contributed by atoms with Gasteiger partial charge >= 0.3 is 0 Å². The molecule has 2 saturated heterocycles. The Labute approximate surface area is 241 Å². The third-order valence-corrected chi connectivity index (χ3v) is 7.25. The number of fused-ring (bicyclic) bond motifs is 1. The number of aliphatic hydroxyl groups excluding tert-OH is 7. The van der Waals surface area contributed by atoms with E-state index in [-0.39, 0.29) is 22.7 Å². The molecule has 10 N–H and O–H groups in total. The van der Waals surface area contributed by atoms with E-state index in [9.17, 15) is 55.9 Å². The fraction of sp³-hybridized carbons (Fsp3) is 0.444. The predicted molar refractivity (Wildman–Crippen MR) is 140 cm³/mol. The summed E-state index contributed by atoms with van der Waals surface area (Å²) in [7, 11) is 0. The van der Waals surface area contributed by atoms with Crippen LogP contribution in [0.4, 0.5) is 0 Å². The Morgan fingerprint density at radius 1 is 0.721 bits per heavy atom. The van der Waals surface area contributed by atoms with E-state index in [4.69, 9.17) is 23.4 Å². The zero-order valence-corrected chi connectivity index (χ0v) is 22.1. The standard InChI is InChI=1S/C27H30O16/c28-7-14-17(33)20(36)22(38)26(40-14)43-25-21(37)18(34)15(8-29)41-27(25)42-24-19(35)16-12(32)5-11(31)6-13(16)39-23(24)9-1-3-10(30)4-2-9/h1-6,14-15,17-18,20-22,25-34,36-38H,7-8H2/t14-,15-,17-,18+,20+,21+,22-,25-,26+,27+/m1/s1. The third kappa shape index (κ3) is 5.73. The third-order valence-electron chi connectivity index (χ3n) is 7.25. The number of aromatic hydroxyl groups is 3. The second kappa shape index (κ2) is 12.2. The van der Waals surface area contributed by atoms with Crippen molar-refractivity contribution in [2.24, 2.45) is 0 Å². The summed E-state index contributed by atoms with van der Waals surface area (Å²) < 4.78 is 28.3.